The molecule has 1 aliphatic rings. The van der Waals surface area contributed by atoms with Crippen molar-refractivity contribution < 1.29 is 9.47 Å². The minimum Gasteiger partial charge on any atom is -0.464 e. The van der Waals surface area contributed by atoms with E-state index in [9.17, 15) is 0 Å². The molecule has 0 bridgehead atoms. The van der Waals surface area contributed by atoms with Crippen LogP contribution in [-0.2, 0) is 4.74 Å². The summed E-state index contributed by atoms with van der Waals surface area (Å²) in [7, 11) is 1.78. The number of nitrogens with zero attached hydrogens (tertiary/aromatic N) is 4. The van der Waals surface area contributed by atoms with Gasteiger partial charge in [-0.1, -0.05) is 6.92 Å². The highest BCUT2D eigenvalue weighted by atomic mass is 16.5. The fourth-order valence-corrected chi connectivity index (χ4v) is 2.04. The molecule has 1 fully saturated rings. The molecule has 0 aromatic carbocycles. The number of nitrogens with one attached hydrogen (secondary N) is 1. The number of hydrogen-bond acceptors (Lipinski definition) is 7. The first-order chi connectivity index (χ1) is 9.28. The largest absolute Gasteiger partial charge is 0.464 e. The molecule has 1 atom stereocenters. The second-order valence-corrected chi connectivity index (χ2v) is 4.25. The lowest BCUT2D eigenvalue weighted by molar-refractivity contribution is 0.0919. The molecule has 7 nitrogen and oxygen atoms in total. The number of ether oxygens (including phenoxy) is 2. The van der Waals surface area contributed by atoms with Gasteiger partial charge < -0.3 is 19.7 Å². The molecule has 0 spiro atoms. The SMILES string of the molecule is CCOc1nc(NC)nc(N2CCOCC2CC)n1. The zero-order valence-corrected chi connectivity index (χ0v) is 11.7. The minimum atomic E-state index is 0.301. The Hall–Kier alpha value is -1.63. The van der Waals surface area contributed by atoms with E-state index in [0.717, 1.165) is 13.0 Å². The van der Waals surface area contributed by atoms with E-state index in [4.69, 9.17) is 9.47 Å². The van der Waals surface area contributed by atoms with Crippen LogP contribution in [0, 0.1) is 0 Å². The summed E-state index contributed by atoms with van der Waals surface area (Å²) in [5, 5.41) is 2.94. The number of aromatic nitrogens is 3. The molecule has 2 heterocycles. The van der Waals surface area contributed by atoms with Crippen molar-refractivity contribution in [1.29, 1.82) is 0 Å². The van der Waals surface area contributed by atoms with Gasteiger partial charge >= 0.3 is 6.01 Å². The second kappa shape index (κ2) is 6.51. The second-order valence-electron chi connectivity index (χ2n) is 4.25. The number of rotatable bonds is 5. The van der Waals surface area contributed by atoms with Crippen molar-refractivity contribution in [2.45, 2.75) is 26.3 Å². The number of morpholine rings is 1. The van der Waals surface area contributed by atoms with Crippen LogP contribution in [0.5, 0.6) is 6.01 Å². The molecule has 1 aromatic heterocycles. The number of anilines is 2. The third-order valence-electron chi connectivity index (χ3n) is 3.06. The molecule has 1 saturated heterocycles. The van der Waals surface area contributed by atoms with Gasteiger partial charge in [-0.25, -0.2) is 0 Å². The zero-order chi connectivity index (χ0) is 13.7. The van der Waals surface area contributed by atoms with Gasteiger partial charge in [0.1, 0.15) is 0 Å². The average Bonchev–Trinajstić information content (AvgIpc) is 2.47. The zero-order valence-electron chi connectivity index (χ0n) is 11.7. The van der Waals surface area contributed by atoms with Gasteiger partial charge in [0.05, 0.1) is 25.9 Å². The first-order valence-corrected chi connectivity index (χ1v) is 6.69. The van der Waals surface area contributed by atoms with Crippen LogP contribution in [0.15, 0.2) is 0 Å². The smallest absolute Gasteiger partial charge is 0.323 e. The highest BCUT2D eigenvalue weighted by Crippen LogP contribution is 2.20. The van der Waals surface area contributed by atoms with E-state index < -0.39 is 0 Å². The normalized spacial score (nSPS) is 19.3. The van der Waals surface area contributed by atoms with E-state index in [1.807, 2.05) is 6.92 Å². The van der Waals surface area contributed by atoms with Crippen molar-refractivity contribution in [1.82, 2.24) is 15.0 Å². The molecule has 0 amide bonds. The van der Waals surface area contributed by atoms with Crippen molar-refractivity contribution in [3.05, 3.63) is 0 Å². The standard InChI is InChI=1S/C12H21N5O2/c1-4-9-8-18-7-6-17(9)11-14-10(13-3)15-12(16-11)19-5-2/h9H,4-8H2,1-3H3,(H,13,14,15,16). The summed E-state index contributed by atoms with van der Waals surface area (Å²) in [6, 6.07) is 0.661. The lowest BCUT2D eigenvalue weighted by atomic mass is 10.2. The van der Waals surface area contributed by atoms with Gasteiger partial charge in [-0.15, -0.1) is 0 Å². The van der Waals surface area contributed by atoms with Crippen LogP contribution in [0.4, 0.5) is 11.9 Å². The first-order valence-electron chi connectivity index (χ1n) is 6.69. The molecule has 2 rings (SSSR count). The Bertz CT molecular complexity index is 415. The van der Waals surface area contributed by atoms with Gasteiger partial charge in [-0.3, -0.25) is 0 Å². The Morgan fingerprint density at radius 2 is 2.21 bits per heavy atom. The fourth-order valence-electron chi connectivity index (χ4n) is 2.04. The summed E-state index contributed by atoms with van der Waals surface area (Å²) >= 11 is 0. The fraction of sp³-hybridized carbons (Fsp3) is 0.750. The van der Waals surface area contributed by atoms with Crippen LogP contribution >= 0.6 is 0 Å². The van der Waals surface area contributed by atoms with Crippen LogP contribution in [0.3, 0.4) is 0 Å². The number of hydrogen-bond donors (Lipinski definition) is 1. The summed E-state index contributed by atoms with van der Waals surface area (Å²) in [6.45, 7) is 6.77. The highest BCUT2D eigenvalue weighted by molar-refractivity contribution is 5.39. The molecule has 1 N–H and O–H groups in total. The predicted molar refractivity (Wildman–Crippen MR) is 72.8 cm³/mol. The van der Waals surface area contributed by atoms with E-state index in [1.54, 1.807) is 7.05 Å². The summed E-state index contributed by atoms with van der Waals surface area (Å²) in [5.41, 5.74) is 0. The Morgan fingerprint density at radius 3 is 2.89 bits per heavy atom. The molecule has 0 radical (unpaired) electrons. The van der Waals surface area contributed by atoms with Crippen LogP contribution in [0.1, 0.15) is 20.3 Å². The minimum absolute atomic E-state index is 0.301. The van der Waals surface area contributed by atoms with Gasteiger partial charge in [-0.2, -0.15) is 15.0 Å². The Morgan fingerprint density at radius 1 is 1.37 bits per heavy atom. The summed E-state index contributed by atoms with van der Waals surface area (Å²) in [4.78, 5) is 15.1. The molecule has 19 heavy (non-hydrogen) atoms. The van der Waals surface area contributed by atoms with Gasteiger partial charge in [0.25, 0.3) is 0 Å². The van der Waals surface area contributed by atoms with Crippen molar-refractivity contribution in [3.63, 3.8) is 0 Å². The summed E-state index contributed by atoms with van der Waals surface area (Å²) < 4.78 is 10.9. The van der Waals surface area contributed by atoms with Crippen molar-refractivity contribution in [3.8, 4) is 6.01 Å². The third-order valence-corrected chi connectivity index (χ3v) is 3.06. The summed E-state index contributed by atoms with van der Waals surface area (Å²) in [6.07, 6.45) is 0.991. The first kappa shape index (κ1) is 13.8. The predicted octanol–water partition coefficient (Wildman–Crippen LogP) is 0.927. The van der Waals surface area contributed by atoms with E-state index in [-0.39, 0.29) is 0 Å². The van der Waals surface area contributed by atoms with Gasteiger partial charge in [-0.05, 0) is 13.3 Å². The van der Waals surface area contributed by atoms with Crippen LogP contribution in [0.2, 0.25) is 0 Å². The summed E-state index contributed by atoms with van der Waals surface area (Å²) in [5.74, 6) is 1.17. The molecular formula is C12H21N5O2. The van der Waals surface area contributed by atoms with Gasteiger partial charge in [0.15, 0.2) is 0 Å². The molecule has 7 heteroatoms. The molecule has 0 saturated carbocycles. The van der Waals surface area contributed by atoms with Crippen LogP contribution in [-0.4, -0.2) is 54.4 Å². The quantitative estimate of drug-likeness (QED) is 0.850. The topological polar surface area (TPSA) is 72.4 Å². The van der Waals surface area contributed by atoms with Crippen LogP contribution in [0.25, 0.3) is 0 Å². The van der Waals surface area contributed by atoms with E-state index in [2.05, 4.69) is 32.1 Å². The maximum Gasteiger partial charge on any atom is 0.323 e. The Kier molecular flexibility index (Phi) is 4.73. The maximum absolute atomic E-state index is 5.50. The Labute approximate surface area is 113 Å². The van der Waals surface area contributed by atoms with Gasteiger partial charge in [0.2, 0.25) is 11.9 Å². The maximum atomic E-state index is 5.50. The molecule has 106 valence electrons. The highest BCUT2D eigenvalue weighted by Gasteiger charge is 2.25. The average molecular weight is 267 g/mol. The lowest BCUT2D eigenvalue weighted by Crippen LogP contribution is -2.46. The van der Waals surface area contributed by atoms with E-state index in [1.165, 1.54) is 0 Å². The van der Waals surface area contributed by atoms with Crippen molar-refractivity contribution >= 4 is 11.9 Å². The van der Waals surface area contributed by atoms with E-state index in [0.29, 0.717) is 43.8 Å². The molecule has 0 aliphatic carbocycles. The van der Waals surface area contributed by atoms with Crippen LogP contribution < -0.4 is 15.0 Å². The Balaban J connectivity index is 2.28. The molecule has 1 unspecified atom stereocenters. The van der Waals surface area contributed by atoms with Crippen molar-refractivity contribution in [2.75, 3.05) is 43.6 Å². The monoisotopic (exact) mass is 267 g/mol. The van der Waals surface area contributed by atoms with E-state index >= 15 is 0 Å². The lowest BCUT2D eigenvalue weighted by Gasteiger charge is -2.35. The van der Waals surface area contributed by atoms with Gasteiger partial charge in [0, 0.05) is 13.6 Å². The molecular weight excluding hydrogens is 246 g/mol. The van der Waals surface area contributed by atoms with Crippen molar-refractivity contribution in [2.24, 2.45) is 0 Å². The molecule has 1 aliphatic heterocycles. The third kappa shape index (κ3) is 3.23. The molecule has 1 aromatic rings.